The fraction of sp³-hybridized carbons (Fsp3) is 0.524. The van der Waals surface area contributed by atoms with Gasteiger partial charge >= 0.3 is 0 Å². The number of hydrogen-bond donors (Lipinski definition) is 2. The van der Waals surface area contributed by atoms with Crippen LogP contribution >= 0.6 is 0 Å². The van der Waals surface area contributed by atoms with E-state index in [0.29, 0.717) is 30.0 Å². The Morgan fingerprint density at radius 2 is 1.96 bits per heavy atom. The van der Waals surface area contributed by atoms with Gasteiger partial charge in [0.1, 0.15) is 17.6 Å². The van der Waals surface area contributed by atoms with Gasteiger partial charge in [0.15, 0.2) is 5.82 Å². The lowest BCUT2D eigenvalue weighted by Gasteiger charge is -2.33. The molecule has 2 N–H and O–H groups in total. The molecule has 3 aliphatic rings. The van der Waals surface area contributed by atoms with Gasteiger partial charge < -0.3 is 20.1 Å². The third-order valence-corrected chi connectivity index (χ3v) is 6.05. The molecule has 0 radical (unpaired) electrons. The van der Waals surface area contributed by atoms with Crippen LogP contribution in [0.3, 0.4) is 0 Å². The predicted molar refractivity (Wildman–Crippen MR) is 104 cm³/mol. The molecule has 6 nitrogen and oxygen atoms in total. The summed E-state index contributed by atoms with van der Waals surface area (Å²) in [4.78, 5) is 2.00. The molecule has 28 heavy (non-hydrogen) atoms. The maximum atomic E-state index is 14.0. The van der Waals surface area contributed by atoms with Crippen molar-refractivity contribution in [1.82, 2.24) is 15.1 Å². The summed E-state index contributed by atoms with van der Waals surface area (Å²) in [6.07, 6.45) is 1.50. The van der Waals surface area contributed by atoms with Crippen LogP contribution in [0.2, 0.25) is 0 Å². The molecule has 1 aromatic heterocycles. The summed E-state index contributed by atoms with van der Waals surface area (Å²) in [5.41, 5.74) is 4.41. The van der Waals surface area contributed by atoms with Crippen molar-refractivity contribution < 1.29 is 14.2 Å². The first kappa shape index (κ1) is 17.8. The van der Waals surface area contributed by atoms with E-state index in [1.165, 1.54) is 0 Å². The van der Waals surface area contributed by atoms with Crippen molar-refractivity contribution in [2.75, 3.05) is 25.5 Å². The minimum Gasteiger partial charge on any atom is -0.507 e. The number of phenolic OH excluding ortho intramolecular Hbond substituents is 1. The van der Waals surface area contributed by atoms with E-state index in [9.17, 15) is 9.50 Å². The standard InChI is InChI=1S/C21H25FN4O2/c1-11-3-4-14(15(27)7-11)20-18-16-5-6-17(28-16)19(18)21(25-24-20)23-13-8-12(22)9-26(2)10-13/h3-4,7,12-13,16-17,27H,5-6,8-10H2,1-2H3,(H,23,25)/t12-,13-,16?,17?/m1/s1. The molecule has 4 atom stereocenters. The SMILES string of the molecule is Cc1ccc(-c2nnc(N[C@@H]3C[C@@H](F)CN(C)C3)c3c2C2CCC3O2)c(O)c1. The molecule has 7 heteroatoms. The zero-order valence-corrected chi connectivity index (χ0v) is 16.2. The van der Waals surface area contributed by atoms with Gasteiger partial charge in [0, 0.05) is 42.2 Å². The van der Waals surface area contributed by atoms with E-state index in [1.54, 1.807) is 6.07 Å². The molecule has 2 bridgehead atoms. The van der Waals surface area contributed by atoms with Gasteiger partial charge in [-0.1, -0.05) is 6.07 Å². The lowest BCUT2D eigenvalue weighted by atomic mass is 9.88. The summed E-state index contributed by atoms with van der Waals surface area (Å²) in [5, 5.41) is 22.8. The molecule has 2 unspecified atom stereocenters. The monoisotopic (exact) mass is 384 g/mol. The van der Waals surface area contributed by atoms with Gasteiger partial charge in [-0.3, -0.25) is 0 Å². The number of nitrogens with one attached hydrogen (secondary N) is 1. The summed E-state index contributed by atoms with van der Waals surface area (Å²) in [6.45, 7) is 3.19. The number of aryl methyl sites for hydroxylation is 1. The first-order chi connectivity index (χ1) is 13.5. The Morgan fingerprint density at radius 1 is 1.18 bits per heavy atom. The lowest BCUT2D eigenvalue weighted by Crippen LogP contribution is -2.45. The van der Waals surface area contributed by atoms with Crippen molar-refractivity contribution in [2.45, 2.75) is 50.6 Å². The summed E-state index contributed by atoms with van der Waals surface area (Å²) in [7, 11) is 1.94. The zero-order chi connectivity index (χ0) is 19.4. The number of halogens is 1. The fourth-order valence-corrected chi connectivity index (χ4v) is 4.87. The summed E-state index contributed by atoms with van der Waals surface area (Å²) >= 11 is 0. The molecule has 5 rings (SSSR count). The van der Waals surface area contributed by atoms with Gasteiger partial charge in [-0.25, -0.2) is 4.39 Å². The van der Waals surface area contributed by atoms with E-state index in [2.05, 4.69) is 15.5 Å². The van der Waals surface area contributed by atoms with Crippen LogP contribution in [0.4, 0.5) is 10.2 Å². The first-order valence-corrected chi connectivity index (χ1v) is 9.94. The number of likely N-dealkylation sites (tertiary alicyclic amines) is 1. The Hall–Kier alpha value is -2.25. The van der Waals surface area contributed by atoms with Crippen LogP contribution < -0.4 is 5.32 Å². The molecule has 0 aliphatic carbocycles. The summed E-state index contributed by atoms with van der Waals surface area (Å²) in [6, 6.07) is 5.58. The van der Waals surface area contributed by atoms with Gasteiger partial charge in [-0.15, -0.1) is 10.2 Å². The van der Waals surface area contributed by atoms with E-state index in [4.69, 9.17) is 4.74 Å². The highest BCUT2D eigenvalue weighted by Gasteiger charge is 2.43. The molecular formula is C21H25FN4O2. The number of hydrogen-bond acceptors (Lipinski definition) is 6. The highest BCUT2D eigenvalue weighted by Crippen LogP contribution is 2.55. The fourth-order valence-electron chi connectivity index (χ4n) is 4.87. The zero-order valence-electron chi connectivity index (χ0n) is 16.2. The number of nitrogens with zero attached hydrogens (tertiary/aromatic N) is 3. The predicted octanol–water partition coefficient (Wildman–Crippen LogP) is 3.52. The Morgan fingerprint density at radius 3 is 2.71 bits per heavy atom. The van der Waals surface area contributed by atoms with Crippen LogP contribution in [0.25, 0.3) is 11.3 Å². The Kier molecular flexibility index (Phi) is 4.25. The number of phenols is 1. The van der Waals surface area contributed by atoms with E-state index in [-0.39, 0.29) is 24.0 Å². The molecule has 2 fully saturated rings. The second-order valence-corrected chi connectivity index (χ2v) is 8.33. The molecule has 3 aliphatic heterocycles. The molecule has 4 heterocycles. The van der Waals surface area contributed by atoms with Crippen LogP contribution in [0, 0.1) is 6.92 Å². The number of fused-ring (bicyclic) bond motifs is 5. The smallest absolute Gasteiger partial charge is 0.155 e. The van der Waals surface area contributed by atoms with Gasteiger partial charge in [0.25, 0.3) is 0 Å². The molecule has 148 valence electrons. The minimum absolute atomic E-state index is 0.00756. The molecule has 0 spiro atoms. The number of alkyl halides is 1. The van der Waals surface area contributed by atoms with Crippen molar-refractivity contribution in [3.8, 4) is 17.0 Å². The van der Waals surface area contributed by atoms with Crippen molar-refractivity contribution in [3.05, 3.63) is 34.9 Å². The Labute approximate surface area is 163 Å². The number of ether oxygens (including phenoxy) is 1. The van der Waals surface area contributed by atoms with Crippen molar-refractivity contribution >= 4 is 5.82 Å². The molecule has 0 saturated carbocycles. The number of rotatable bonds is 3. The van der Waals surface area contributed by atoms with Crippen molar-refractivity contribution in [3.63, 3.8) is 0 Å². The second-order valence-electron chi connectivity index (χ2n) is 8.33. The van der Waals surface area contributed by atoms with Crippen LogP contribution in [-0.2, 0) is 4.74 Å². The third kappa shape index (κ3) is 2.93. The number of benzene rings is 1. The summed E-state index contributed by atoms with van der Waals surface area (Å²) < 4.78 is 20.2. The van der Waals surface area contributed by atoms with Gasteiger partial charge in [-0.2, -0.15) is 0 Å². The van der Waals surface area contributed by atoms with Crippen LogP contribution in [0.1, 0.15) is 48.2 Å². The highest BCUT2D eigenvalue weighted by molar-refractivity contribution is 5.74. The average molecular weight is 384 g/mol. The summed E-state index contributed by atoms with van der Waals surface area (Å²) in [5.74, 6) is 0.902. The quantitative estimate of drug-likeness (QED) is 0.844. The number of anilines is 1. The average Bonchev–Trinajstić information content (AvgIpc) is 3.24. The maximum Gasteiger partial charge on any atom is 0.155 e. The first-order valence-electron chi connectivity index (χ1n) is 9.94. The molecule has 2 aromatic rings. The van der Waals surface area contributed by atoms with Crippen LogP contribution in [0.5, 0.6) is 5.75 Å². The van der Waals surface area contributed by atoms with E-state index < -0.39 is 6.17 Å². The van der Waals surface area contributed by atoms with E-state index in [0.717, 1.165) is 36.1 Å². The number of aromatic nitrogens is 2. The highest BCUT2D eigenvalue weighted by atomic mass is 19.1. The van der Waals surface area contributed by atoms with Crippen LogP contribution in [0.15, 0.2) is 18.2 Å². The molecular weight excluding hydrogens is 359 g/mol. The van der Waals surface area contributed by atoms with E-state index >= 15 is 0 Å². The van der Waals surface area contributed by atoms with Gasteiger partial charge in [-0.05, 0) is 44.5 Å². The molecule has 1 aromatic carbocycles. The lowest BCUT2D eigenvalue weighted by molar-refractivity contribution is 0.0719. The maximum absolute atomic E-state index is 14.0. The van der Waals surface area contributed by atoms with Gasteiger partial charge in [0.2, 0.25) is 0 Å². The van der Waals surface area contributed by atoms with Crippen molar-refractivity contribution in [2.24, 2.45) is 0 Å². The molecule has 0 amide bonds. The number of likely N-dealkylation sites (N-methyl/N-ethyl adjacent to an activating group) is 1. The largest absolute Gasteiger partial charge is 0.507 e. The van der Waals surface area contributed by atoms with Crippen molar-refractivity contribution in [1.29, 1.82) is 0 Å². The van der Waals surface area contributed by atoms with Gasteiger partial charge in [0.05, 0.1) is 12.2 Å². The number of aromatic hydroxyl groups is 1. The van der Waals surface area contributed by atoms with Crippen LogP contribution in [-0.4, -0.2) is 52.6 Å². The normalized spacial score (nSPS) is 29.1. The Bertz CT molecular complexity index is 912. The topological polar surface area (TPSA) is 70.5 Å². The second kappa shape index (κ2) is 6.67. The van der Waals surface area contributed by atoms with E-state index in [1.807, 2.05) is 31.0 Å². The number of piperidine rings is 1. The minimum atomic E-state index is -0.839. The molecule has 2 saturated heterocycles. The Balaban J connectivity index is 1.55. The third-order valence-electron chi connectivity index (χ3n) is 6.05.